The van der Waals surface area contributed by atoms with Crippen LogP contribution in [0.3, 0.4) is 0 Å². The van der Waals surface area contributed by atoms with Gasteiger partial charge in [-0.25, -0.2) is 0 Å². The van der Waals surface area contributed by atoms with Crippen molar-refractivity contribution in [2.75, 3.05) is 26.8 Å². The van der Waals surface area contributed by atoms with Crippen LogP contribution in [0.15, 0.2) is 66.4 Å². The summed E-state index contributed by atoms with van der Waals surface area (Å²) in [6, 6.07) is 19.0. The summed E-state index contributed by atoms with van der Waals surface area (Å²) in [4.78, 5) is 12.0. The Labute approximate surface area is 159 Å². The van der Waals surface area contributed by atoms with E-state index in [-0.39, 0.29) is 5.57 Å². The summed E-state index contributed by atoms with van der Waals surface area (Å²) in [6.45, 7) is 1.34. The molecule has 0 aliphatic carbocycles. The monoisotopic (exact) mass is 365 g/mol. The van der Waals surface area contributed by atoms with Crippen molar-refractivity contribution in [3.63, 3.8) is 0 Å². The second-order valence-electron chi connectivity index (χ2n) is 5.64. The van der Waals surface area contributed by atoms with E-state index < -0.39 is 5.91 Å². The molecule has 0 unspecified atom stereocenters. The van der Waals surface area contributed by atoms with Crippen LogP contribution in [-0.4, -0.2) is 32.7 Å². The van der Waals surface area contributed by atoms with Gasteiger partial charge in [0.25, 0.3) is 5.91 Å². The molecular weight excluding hydrogens is 342 g/mol. The largest absolute Gasteiger partial charge is 0.497 e. The molecule has 2 N–H and O–H groups in total. The molecule has 6 heteroatoms. The minimum atomic E-state index is -0.392. The molecule has 140 valence electrons. The molecule has 2 aromatic carbocycles. The minimum absolute atomic E-state index is 0.0347. The van der Waals surface area contributed by atoms with Gasteiger partial charge in [0, 0.05) is 19.3 Å². The molecule has 27 heavy (non-hydrogen) atoms. The Bertz CT molecular complexity index is 781. The van der Waals surface area contributed by atoms with Crippen molar-refractivity contribution >= 4 is 5.91 Å². The number of nitrogens with zero attached hydrogens (tertiary/aromatic N) is 1. The van der Waals surface area contributed by atoms with Crippen LogP contribution < -0.4 is 20.1 Å². The van der Waals surface area contributed by atoms with Gasteiger partial charge in [-0.05, 0) is 36.2 Å². The van der Waals surface area contributed by atoms with E-state index in [0.29, 0.717) is 26.1 Å². The molecule has 0 aliphatic heterocycles. The van der Waals surface area contributed by atoms with Gasteiger partial charge in [-0.2, -0.15) is 5.26 Å². The third-order valence-electron chi connectivity index (χ3n) is 3.73. The van der Waals surface area contributed by atoms with E-state index >= 15 is 0 Å². The number of ether oxygens (including phenoxy) is 2. The lowest BCUT2D eigenvalue weighted by atomic mass is 10.1. The first-order valence-electron chi connectivity index (χ1n) is 8.65. The van der Waals surface area contributed by atoms with Gasteiger partial charge < -0.3 is 20.1 Å². The van der Waals surface area contributed by atoms with Gasteiger partial charge in [-0.1, -0.05) is 30.3 Å². The van der Waals surface area contributed by atoms with Gasteiger partial charge >= 0.3 is 0 Å². The average molecular weight is 365 g/mol. The zero-order chi connectivity index (χ0) is 19.3. The molecule has 0 saturated carbocycles. The first-order chi connectivity index (χ1) is 13.2. The Balaban J connectivity index is 1.68. The highest BCUT2D eigenvalue weighted by atomic mass is 16.5. The zero-order valence-electron chi connectivity index (χ0n) is 15.3. The molecular formula is C21H23N3O3. The molecule has 6 nitrogen and oxygen atoms in total. The standard InChI is InChI=1S/C21H23N3O3/c1-26-19-7-9-20(10-8-19)27-14-13-23-16-18(15-22)21(25)24-12-11-17-5-3-2-4-6-17/h2-10,16,23H,11-14H2,1H3,(H,24,25)/b18-16-. The lowest BCUT2D eigenvalue weighted by Gasteiger charge is -2.08. The van der Waals surface area contributed by atoms with E-state index in [1.807, 2.05) is 60.7 Å². The highest BCUT2D eigenvalue weighted by Gasteiger charge is 2.07. The van der Waals surface area contributed by atoms with Gasteiger partial charge in [0.05, 0.1) is 7.11 Å². The van der Waals surface area contributed by atoms with Gasteiger partial charge in [-0.15, -0.1) is 0 Å². The lowest BCUT2D eigenvalue weighted by molar-refractivity contribution is -0.117. The fourth-order valence-corrected chi connectivity index (χ4v) is 2.28. The molecule has 2 rings (SSSR count). The molecule has 0 spiro atoms. The molecule has 0 aliphatic rings. The topological polar surface area (TPSA) is 83.4 Å². The Hall–Kier alpha value is -3.46. The Morgan fingerprint density at radius 3 is 2.44 bits per heavy atom. The van der Waals surface area contributed by atoms with E-state index in [1.54, 1.807) is 7.11 Å². The third kappa shape index (κ3) is 7.12. The summed E-state index contributed by atoms with van der Waals surface area (Å²) in [5.41, 5.74) is 1.17. The fraction of sp³-hybridized carbons (Fsp3) is 0.238. The molecule has 0 fully saturated rings. The van der Waals surface area contributed by atoms with E-state index in [4.69, 9.17) is 14.7 Å². The van der Waals surface area contributed by atoms with E-state index in [2.05, 4.69) is 10.6 Å². The van der Waals surface area contributed by atoms with Crippen molar-refractivity contribution in [3.8, 4) is 17.6 Å². The number of hydrogen-bond donors (Lipinski definition) is 2. The lowest BCUT2D eigenvalue weighted by Crippen LogP contribution is -2.28. The van der Waals surface area contributed by atoms with Crippen molar-refractivity contribution < 1.29 is 14.3 Å². The van der Waals surface area contributed by atoms with Crippen LogP contribution in [-0.2, 0) is 11.2 Å². The number of benzene rings is 2. The number of amides is 1. The maximum atomic E-state index is 12.0. The predicted octanol–water partition coefficient (Wildman–Crippen LogP) is 2.43. The fourth-order valence-electron chi connectivity index (χ4n) is 2.28. The number of nitriles is 1. The highest BCUT2D eigenvalue weighted by molar-refractivity contribution is 5.97. The van der Waals surface area contributed by atoms with Gasteiger partial charge in [0.1, 0.15) is 29.7 Å². The first-order valence-corrected chi connectivity index (χ1v) is 8.65. The van der Waals surface area contributed by atoms with E-state index in [1.165, 1.54) is 6.20 Å². The number of carbonyl (C=O) groups excluding carboxylic acids is 1. The molecule has 2 aromatic rings. The van der Waals surface area contributed by atoms with Crippen molar-refractivity contribution in [2.24, 2.45) is 0 Å². The Kier molecular flexibility index (Phi) is 8.25. The van der Waals surface area contributed by atoms with Gasteiger partial charge in [-0.3, -0.25) is 4.79 Å². The van der Waals surface area contributed by atoms with Gasteiger partial charge in [0.2, 0.25) is 0 Å². The van der Waals surface area contributed by atoms with Crippen molar-refractivity contribution in [1.29, 1.82) is 5.26 Å². The number of rotatable bonds is 10. The smallest absolute Gasteiger partial charge is 0.263 e. The normalized spacial score (nSPS) is 10.6. The summed E-state index contributed by atoms with van der Waals surface area (Å²) < 4.78 is 10.6. The summed E-state index contributed by atoms with van der Waals surface area (Å²) in [5.74, 6) is 1.10. The molecule has 0 saturated heterocycles. The molecule has 1 amide bonds. The zero-order valence-corrected chi connectivity index (χ0v) is 15.3. The second kappa shape index (κ2) is 11.2. The number of hydrogen-bond acceptors (Lipinski definition) is 5. The summed E-state index contributed by atoms with van der Waals surface area (Å²) >= 11 is 0. The van der Waals surface area contributed by atoms with Crippen LogP contribution >= 0.6 is 0 Å². The molecule has 0 aromatic heterocycles. The summed E-state index contributed by atoms with van der Waals surface area (Å²) in [5, 5.41) is 14.8. The van der Waals surface area contributed by atoms with Crippen LogP contribution in [0.1, 0.15) is 5.56 Å². The minimum Gasteiger partial charge on any atom is -0.497 e. The summed E-state index contributed by atoms with van der Waals surface area (Å²) in [6.07, 6.45) is 2.13. The Morgan fingerprint density at radius 1 is 1.07 bits per heavy atom. The first kappa shape index (κ1) is 19.9. The maximum absolute atomic E-state index is 12.0. The SMILES string of the molecule is COc1ccc(OCCN/C=C(/C#N)C(=O)NCCc2ccccc2)cc1. The van der Waals surface area contributed by atoms with Crippen molar-refractivity contribution in [1.82, 2.24) is 10.6 Å². The van der Waals surface area contributed by atoms with Crippen LogP contribution in [0.5, 0.6) is 11.5 Å². The molecule has 0 atom stereocenters. The molecule has 0 bridgehead atoms. The summed E-state index contributed by atoms with van der Waals surface area (Å²) in [7, 11) is 1.61. The second-order valence-corrected chi connectivity index (χ2v) is 5.64. The maximum Gasteiger partial charge on any atom is 0.263 e. The van der Waals surface area contributed by atoms with Crippen molar-refractivity contribution in [2.45, 2.75) is 6.42 Å². The third-order valence-corrected chi connectivity index (χ3v) is 3.73. The van der Waals surface area contributed by atoms with Crippen LogP contribution in [0, 0.1) is 11.3 Å². The molecule has 0 radical (unpaired) electrons. The van der Waals surface area contributed by atoms with Crippen molar-refractivity contribution in [3.05, 3.63) is 71.9 Å². The van der Waals surface area contributed by atoms with Crippen LogP contribution in [0.25, 0.3) is 0 Å². The Morgan fingerprint density at radius 2 is 1.78 bits per heavy atom. The number of carbonyl (C=O) groups is 1. The average Bonchev–Trinajstić information content (AvgIpc) is 2.72. The van der Waals surface area contributed by atoms with Crippen LogP contribution in [0.2, 0.25) is 0 Å². The van der Waals surface area contributed by atoms with Crippen LogP contribution in [0.4, 0.5) is 0 Å². The van der Waals surface area contributed by atoms with Gasteiger partial charge in [0.15, 0.2) is 0 Å². The molecule has 0 heterocycles. The van der Waals surface area contributed by atoms with E-state index in [9.17, 15) is 4.79 Å². The number of nitrogens with one attached hydrogen (secondary N) is 2. The number of methoxy groups -OCH3 is 1. The highest BCUT2D eigenvalue weighted by Crippen LogP contribution is 2.16. The quantitative estimate of drug-likeness (QED) is 0.384. The predicted molar refractivity (Wildman–Crippen MR) is 103 cm³/mol. The van der Waals surface area contributed by atoms with E-state index in [0.717, 1.165) is 17.1 Å².